The second kappa shape index (κ2) is 6.60. The quantitative estimate of drug-likeness (QED) is 0.687. The Balaban J connectivity index is 1.83. The van der Waals surface area contributed by atoms with Crippen LogP contribution >= 0.6 is 11.6 Å². The first-order valence-corrected chi connectivity index (χ1v) is 7.42. The molecule has 0 atom stereocenters. The molecule has 0 unspecified atom stereocenters. The zero-order valence-corrected chi connectivity index (χ0v) is 13.2. The maximum atomic E-state index is 13.0. The van der Waals surface area contributed by atoms with E-state index in [4.69, 9.17) is 16.1 Å². The average Bonchev–Trinajstić information content (AvgIpc) is 3.05. The summed E-state index contributed by atoms with van der Waals surface area (Å²) in [5.41, 5.74) is -0.797. The zero-order chi connectivity index (χ0) is 18.0. The largest absolute Gasteiger partial charge is 0.418 e. The molecule has 1 heterocycles. The van der Waals surface area contributed by atoms with Crippen LogP contribution in [-0.4, -0.2) is 11.1 Å². The van der Waals surface area contributed by atoms with Gasteiger partial charge in [-0.2, -0.15) is 13.2 Å². The Hall–Kier alpha value is -2.80. The van der Waals surface area contributed by atoms with Crippen molar-refractivity contribution in [3.8, 4) is 11.3 Å². The summed E-state index contributed by atoms with van der Waals surface area (Å²) in [5.74, 6) is -0.508. The minimum atomic E-state index is -4.58. The van der Waals surface area contributed by atoms with Crippen molar-refractivity contribution in [3.63, 3.8) is 0 Å². The lowest BCUT2D eigenvalue weighted by atomic mass is 10.1. The summed E-state index contributed by atoms with van der Waals surface area (Å²) in [5, 5.41) is 6.34. The van der Waals surface area contributed by atoms with Crippen molar-refractivity contribution in [2.75, 3.05) is 5.32 Å². The van der Waals surface area contributed by atoms with Gasteiger partial charge >= 0.3 is 6.18 Å². The smallest absolute Gasteiger partial charge is 0.355 e. The number of para-hydroxylation sites is 1. The van der Waals surface area contributed by atoms with E-state index >= 15 is 0 Å². The highest BCUT2D eigenvalue weighted by atomic mass is 35.5. The molecule has 0 saturated heterocycles. The third-order valence-corrected chi connectivity index (χ3v) is 3.60. The minimum absolute atomic E-state index is 0.137. The molecule has 0 saturated carbocycles. The van der Waals surface area contributed by atoms with Crippen LogP contribution < -0.4 is 5.32 Å². The molecular weight excluding hydrogens is 357 g/mol. The van der Waals surface area contributed by atoms with Gasteiger partial charge in [0.15, 0.2) is 11.5 Å². The summed E-state index contributed by atoms with van der Waals surface area (Å²) < 4.78 is 44.0. The highest BCUT2D eigenvalue weighted by molar-refractivity contribution is 6.30. The van der Waals surface area contributed by atoms with E-state index in [1.807, 2.05) is 0 Å². The number of hydrogen-bond donors (Lipinski definition) is 1. The maximum absolute atomic E-state index is 13.0. The molecule has 1 amide bonds. The summed E-state index contributed by atoms with van der Waals surface area (Å²) in [4.78, 5) is 12.2. The van der Waals surface area contributed by atoms with E-state index < -0.39 is 17.6 Å². The van der Waals surface area contributed by atoms with Crippen LogP contribution in [0.3, 0.4) is 0 Å². The van der Waals surface area contributed by atoms with Gasteiger partial charge in [0.2, 0.25) is 0 Å². The SMILES string of the molecule is O=C(Nc1ccccc1C(F)(F)F)c1cc(-c2ccc(Cl)cc2)on1. The van der Waals surface area contributed by atoms with Crippen molar-refractivity contribution in [1.82, 2.24) is 5.16 Å². The molecule has 0 aliphatic rings. The fourth-order valence-electron chi connectivity index (χ4n) is 2.16. The number of nitrogens with one attached hydrogen (secondary N) is 1. The number of nitrogens with zero attached hydrogens (tertiary/aromatic N) is 1. The number of carbonyl (C=O) groups excluding carboxylic acids is 1. The molecule has 0 bridgehead atoms. The lowest BCUT2D eigenvalue weighted by Gasteiger charge is -2.12. The molecule has 0 fully saturated rings. The topological polar surface area (TPSA) is 55.1 Å². The summed E-state index contributed by atoms with van der Waals surface area (Å²) in [7, 11) is 0. The highest BCUT2D eigenvalue weighted by Crippen LogP contribution is 2.34. The van der Waals surface area contributed by atoms with Gasteiger partial charge in [0, 0.05) is 16.7 Å². The number of hydrogen-bond acceptors (Lipinski definition) is 3. The number of anilines is 1. The van der Waals surface area contributed by atoms with Crippen LogP contribution in [0.4, 0.5) is 18.9 Å². The van der Waals surface area contributed by atoms with Crippen molar-refractivity contribution >= 4 is 23.2 Å². The molecule has 25 heavy (non-hydrogen) atoms. The van der Waals surface area contributed by atoms with Crippen LogP contribution in [0.1, 0.15) is 16.1 Å². The molecule has 3 rings (SSSR count). The second-order valence-electron chi connectivity index (χ2n) is 5.08. The standard InChI is InChI=1S/C17H10ClF3N2O2/c18-11-7-5-10(6-8-11)15-9-14(23-25-15)16(24)22-13-4-2-1-3-12(13)17(19,20)21/h1-9H,(H,22,24). The van der Waals surface area contributed by atoms with Crippen LogP contribution in [0.2, 0.25) is 5.02 Å². The van der Waals surface area contributed by atoms with Gasteiger partial charge in [-0.1, -0.05) is 28.9 Å². The predicted molar refractivity (Wildman–Crippen MR) is 86.3 cm³/mol. The van der Waals surface area contributed by atoms with Gasteiger partial charge in [-0.25, -0.2) is 0 Å². The lowest BCUT2D eigenvalue weighted by molar-refractivity contribution is -0.136. The fraction of sp³-hybridized carbons (Fsp3) is 0.0588. The minimum Gasteiger partial charge on any atom is -0.355 e. The Morgan fingerprint density at radius 2 is 1.76 bits per heavy atom. The molecule has 0 aliphatic heterocycles. The average molecular weight is 367 g/mol. The normalized spacial score (nSPS) is 11.4. The second-order valence-corrected chi connectivity index (χ2v) is 5.52. The van der Waals surface area contributed by atoms with E-state index in [-0.39, 0.29) is 11.4 Å². The van der Waals surface area contributed by atoms with Gasteiger partial charge in [0.1, 0.15) is 0 Å². The van der Waals surface area contributed by atoms with Crippen molar-refractivity contribution < 1.29 is 22.5 Å². The van der Waals surface area contributed by atoms with Crippen LogP contribution in [0, 0.1) is 0 Å². The maximum Gasteiger partial charge on any atom is 0.418 e. The molecule has 1 N–H and O–H groups in total. The molecule has 8 heteroatoms. The first-order chi connectivity index (χ1) is 11.8. The Morgan fingerprint density at radius 3 is 2.44 bits per heavy atom. The van der Waals surface area contributed by atoms with E-state index in [2.05, 4.69) is 10.5 Å². The first kappa shape index (κ1) is 17.0. The molecule has 3 aromatic rings. The highest BCUT2D eigenvalue weighted by Gasteiger charge is 2.33. The molecule has 0 aliphatic carbocycles. The summed E-state index contributed by atoms with van der Waals surface area (Å²) >= 11 is 5.79. The van der Waals surface area contributed by atoms with Crippen molar-refractivity contribution in [2.45, 2.75) is 6.18 Å². The van der Waals surface area contributed by atoms with Crippen molar-refractivity contribution in [1.29, 1.82) is 0 Å². The summed E-state index contributed by atoms with van der Waals surface area (Å²) in [6.07, 6.45) is -4.58. The van der Waals surface area contributed by atoms with Crippen LogP contribution in [0.5, 0.6) is 0 Å². The molecule has 4 nitrogen and oxygen atoms in total. The number of rotatable bonds is 3. The Bertz CT molecular complexity index is 905. The Morgan fingerprint density at radius 1 is 1.08 bits per heavy atom. The number of halogens is 4. The van der Waals surface area contributed by atoms with Crippen LogP contribution in [0.15, 0.2) is 59.1 Å². The first-order valence-electron chi connectivity index (χ1n) is 7.05. The van der Waals surface area contributed by atoms with Crippen molar-refractivity contribution in [2.24, 2.45) is 0 Å². The number of amides is 1. The number of alkyl halides is 3. The molecule has 0 radical (unpaired) electrons. The lowest BCUT2D eigenvalue weighted by Crippen LogP contribution is -2.16. The van der Waals surface area contributed by atoms with E-state index in [1.165, 1.54) is 24.3 Å². The molecule has 128 valence electrons. The van der Waals surface area contributed by atoms with Crippen LogP contribution in [0.25, 0.3) is 11.3 Å². The van der Waals surface area contributed by atoms with E-state index in [0.717, 1.165) is 6.07 Å². The van der Waals surface area contributed by atoms with Crippen molar-refractivity contribution in [3.05, 3.63) is 70.9 Å². The zero-order valence-electron chi connectivity index (χ0n) is 12.5. The van der Waals surface area contributed by atoms with Crippen LogP contribution in [-0.2, 0) is 6.18 Å². The van der Waals surface area contributed by atoms with Gasteiger partial charge in [0.25, 0.3) is 5.91 Å². The fourth-order valence-corrected chi connectivity index (χ4v) is 2.28. The summed E-state index contributed by atoms with van der Waals surface area (Å²) in [6, 6.07) is 12.7. The van der Waals surface area contributed by atoms with Gasteiger partial charge in [-0.3, -0.25) is 4.79 Å². The molecule has 1 aromatic heterocycles. The predicted octanol–water partition coefficient (Wildman–Crippen LogP) is 5.27. The van der Waals surface area contributed by atoms with Gasteiger partial charge in [-0.05, 0) is 36.4 Å². The molecule has 0 spiro atoms. The molecule has 2 aromatic carbocycles. The van der Waals surface area contributed by atoms with E-state index in [1.54, 1.807) is 24.3 Å². The van der Waals surface area contributed by atoms with Gasteiger partial charge in [0.05, 0.1) is 11.3 Å². The van der Waals surface area contributed by atoms with Gasteiger partial charge in [-0.15, -0.1) is 0 Å². The Labute approximate surface area is 145 Å². The number of benzene rings is 2. The monoisotopic (exact) mass is 366 g/mol. The Kier molecular flexibility index (Phi) is 4.50. The van der Waals surface area contributed by atoms with E-state index in [9.17, 15) is 18.0 Å². The number of carbonyl (C=O) groups is 1. The summed E-state index contributed by atoms with van der Waals surface area (Å²) in [6.45, 7) is 0. The van der Waals surface area contributed by atoms with Gasteiger partial charge < -0.3 is 9.84 Å². The third kappa shape index (κ3) is 3.83. The number of aromatic nitrogens is 1. The molecular formula is C17H10ClF3N2O2. The third-order valence-electron chi connectivity index (χ3n) is 3.35. The van der Waals surface area contributed by atoms with E-state index in [0.29, 0.717) is 16.3 Å².